The fourth-order valence-corrected chi connectivity index (χ4v) is 5.55. The molecule has 0 saturated heterocycles. The lowest BCUT2D eigenvalue weighted by atomic mass is 9.62. The first-order valence-electron chi connectivity index (χ1n) is 13.0. The molecule has 2 aromatic carbocycles. The average molecular weight is 497 g/mol. The van der Waals surface area contributed by atoms with E-state index < -0.39 is 0 Å². The summed E-state index contributed by atoms with van der Waals surface area (Å²) in [6, 6.07) is 10.3. The maximum Gasteiger partial charge on any atom is 0.227 e. The van der Waals surface area contributed by atoms with Gasteiger partial charge < -0.3 is 29.2 Å². The highest BCUT2D eigenvalue weighted by Crippen LogP contribution is 2.48. The number of methoxy groups -OCH3 is 4. The summed E-state index contributed by atoms with van der Waals surface area (Å²) in [7, 11) is 6.64. The van der Waals surface area contributed by atoms with Crippen molar-refractivity contribution in [1.82, 2.24) is 10.2 Å². The van der Waals surface area contributed by atoms with Gasteiger partial charge in [0.05, 0.1) is 34.9 Å². The lowest BCUT2D eigenvalue weighted by Crippen LogP contribution is -2.38. The molecule has 36 heavy (non-hydrogen) atoms. The van der Waals surface area contributed by atoms with Crippen LogP contribution >= 0.6 is 0 Å². The Labute approximate surface area is 215 Å². The van der Waals surface area contributed by atoms with Gasteiger partial charge in [-0.3, -0.25) is 4.79 Å². The van der Waals surface area contributed by atoms with E-state index in [9.17, 15) is 4.79 Å². The molecule has 1 amide bonds. The maximum atomic E-state index is 12.9. The number of rotatable bonds is 12. The molecule has 0 radical (unpaired) electrons. The number of hydrogen-bond donors (Lipinski definition) is 1. The Bertz CT molecular complexity index is 1050. The van der Waals surface area contributed by atoms with Crippen molar-refractivity contribution >= 4 is 5.91 Å². The zero-order chi connectivity index (χ0) is 25.5. The zero-order valence-corrected chi connectivity index (χ0v) is 22.2. The number of nitrogens with one attached hydrogen (secondary N) is 1. The molecule has 1 heterocycles. The van der Waals surface area contributed by atoms with Gasteiger partial charge in [-0.15, -0.1) is 0 Å². The molecule has 0 bridgehead atoms. The van der Waals surface area contributed by atoms with E-state index in [0.29, 0.717) is 12.2 Å². The predicted octanol–water partition coefficient (Wildman–Crippen LogP) is 4.14. The Hall–Kier alpha value is -2.93. The summed E-state index contributed by atoms with van der Waals surface area (Å²) < 4.78 is 21.8. The van der Waals surface area contributed by atoms with Gasteiger partial charge in [0.2, 0.25) is 5.91 Å². The summed E-state index contributed by atoms with van der Waals surface area (Å²) in [5, 5.41) is 3.62. The highest BCUT2D eigenvalue weighted by atomic mass is 16.5. The summed E-state index contributed by atoms with van der Waals surface area (Å²) in [5.41, 5.74) is 3.78. The Morgan fingerprint density at radius 3 is 2.17 bits per heavy atom. The summed E-state index contributed by atoms with van der Waals surface area (Å²) in [4.78, 5) is 14.9. The normalized spacial score (nSPS) is 16.6. The van der Waals surface area contributed by atoms with Crippen molar-refractivity contribution in [2.45, 2.75) is 50.4 Å². The number of carbonyl (C=O) groups excluding carboxylic acids is 1. The van der Waals surface area contributed by atoms with Gasteiger partial charge >= 0.3 is 0 Å². The van der Waals surface area contributed by atoms with Gasteiger partial charge in [-0.05, 0) is 91.6 Å². The van der Waals surface area contributed by atoms with Crippen LogP contribution in [0.2, 0.25) is 0 Å². The van der Waals surface area contributed by atoms with Crippen LogP contribution in [0.15, 0.2) is 30.3 Å². The molecule has 1 aliphatic heterocycles. The highest BCUT2D eigenvalue weighted by molar-refractivity contribution is 5.80. The van der Waals surface area contributed by atoms with Crippen molar-refractivity contribution in [3.8, 4) is 23.0 Å². The molecule has 2 aliphatic rings. The van der Waals surface area contributed by atoms with E-state index in [1.54, 1.807) is 28.4 Å². The first-order valence-corrected chi connectivity index (χ1v) is 13.0. The quantitative estimate of drug-likeness (QED) is 0.446. The van der Waals surface area contributed by atoms with E-state index in [-0.39, 0.29) is 11.3 Å². The molecule has 0 atom stereocenters. The minimum Gasteiger partial charge on any atom is -0.493 e. The minimum atomic E-state index is 0.183. The zero-order valence-electron chi connectivity index (χ0n) is 22.2. The van der Waals surface area contributed by atoms with Crippen molar-refractivity contribution in [3.63, 3.8) is 0 Å². The van der Waals surface area contributed by atoms with Crippen molar-refractivity contribution in [3.05, 3.63) is 47.0 Å². The third-order valence-corrected chi connectivity index (χ3v) is 7.92. The van der Waals surface area contributed by atoms with E-state index in [0.717, 1.165) is 68.3 Å². The van der Waals surface area contributed by atoms with E-state index >= 15 is 0 Å². The van der Waals surface area contributed by atoms with Crippen LogP contribution in [0.4, 0.5) is 0 Å². The smallest absolute Gasteiger partial charge is 0.227 e. The second-order valence-electron chi connectivity index (χ2n) is 9.84. The maximum absolute atomic E-state index is 12.9. The fourth-order valence-electron chi connectivity index (χ4n) is 5.55. The molecule has 1 N–H and O–H groups in total. The Morgan fingerprint density at radius 2 is 1.53 bits per heavy atom. The van der Waals surface area contributed by atoms with Crippen molar-refractivity contribution in [2.24, 2.45) is 0 Å². The minimum absolute atomic E-state index is 0.183. The molecule has 1 fully saturated rings. The first-order chi connectivity index (χ1) is 17.5. The molecule has 0 aromatic heterocycles. The number of carbonyl (C=O) groups is 1. The number of benzene rings is 2. The molecule has 1 saturated carbocycles. The average Bonchev–Trinajstić information content (AvgIpc) is 3.03. The van der Waals surface area contributed by atoms with Gasteiger partial charge in [-0.1, -0.05) is 12.5 Å². The summed E-state index contributed by atoms with van der Waals surface area (Å²) in [5.74, 6) is 3.16. The Balaban J connectivity index is 1.24. The third kappa shape index (κ3) is 5.56. The SMILES string of the molecule is COc1ccc(C2(CCNCCCN3CCc4cc(OC)c(OC)cc4CC3=O)CCC2)cc1OC. The van der Waals surface area contributed by atoms with Crippen molar-refractivity contribution < 1.29 is 23.7 Å². The molecule has 196 valence electrons. The molecule has 7 nitrogen and oxygen atoms in total. The molecule has 7 heteroatoms. The number of amides is 1. The van der Waals surface area contributed by atoms with Crippen LogP contribution in [0.3, 0.4) is 0 Å². The van der Waals surface area contributed by atoms with Gasteiger partial charge in [0.1, 0.15) is 0 Å². The van der Waals surface area contributed by atoms with Crippen molar-refractivity contribution in [2.75, 3.05) is 54.6 Å². The summed E-state index contributed by atoms with van der Waals surface area (Å²) in [6.07, 6.45) is 6.98. The van der Waals surface area contributed by atoms with Gasteiger partial charge in [0.25, 0.3) is 0 Å². The number of nitrogens with zero attached hydrogens (tertiary/aromatic N) is 1. The van der Waals surface area contributed by atoms with Crippen LogP contribution in [-0.2, 0) is 23.1 Å². The Morgan fingerprint density at radius 1 is 0.861 bits per heavy atom. The van der Waals surface area contributed by atoms with E-state index in [1.807, 2.05) is 23.1 Å². The van der Waals surface area contributed by atoms with E-state index in [2.05, 4.69) is 17.4 Å². The molecular formula is C29H40N2O5. The van der Waals surface area contributed by atoms with Crippen molar-refractivity contribution in [1.29, 1.82) is 0 Å². The molecule has 2 aromatic rings. The number of hydrogen-bond acceptors (Lipinski definition) is 6. The second kappa shape index (κ2) is 11.9. The standard InChI is InChI=1S/C29H40N2O5/c1-33-24-8-7-23(20-27(24)36-4)29(10-5-11-29)12-14-30-13-6-15-31-16-9-21-17-25(34-2)26(35-3)18-22(21)19-28(31)32/h7-8,17-18,20,30H,5-6,9-16,19H2,1-4H3. The monoisotopic (exact) mass is 496 g/mol. The van der Waals surface area contributed by atoms with Crippen LogP contribution in [0, 0.1) is 0 Å². The predicted molar refractivity (Wildman–Crippen MR) is 141 cm³/mol. The van der Waals surface area contributed by atoms with Crippen LogP contribution in [0.5, 0.6) is 23.0 Å². The topological polar surface area (TPSA) is 69.3 Å². The van der Waals surface area contributed by atoms with Crippen LogP contribution in [0.1, 0.15) is 48.8 Å². The number of ether oxygens (including phenoxy) is 4. The molecule has 0 spiro atoms. The fraction of sp³-hybridized carbons (Fsp3) is 0.552. The van der Waals surface area contributed by atoms with Gasteiger partial charge in [-0.2, -0.15) is 0 Å². The van der Waals surface area contributed by atoms with Crippen LogP contribution in [-0.4, -0.2) is 65.4 Å². The van der Waals surface area contributed by atoms with Crippen LogP contribution < -0.4 is 24.3 Å². The van der Waals surface area contributed by atoms with E-state index in [1.165, 1.54) is 30.4 Å². The molecule has 4 rings (SSSR count). The second-order valence-corrected chi connectivity index (χ2v) is 9.84. The first kappa shape index (κ1) is 26.1. The summed E-state index contributed by atoms with van der Waals surface area (Å²) >= 11 is 0. The highest BCUT2D eigenvalue weighted by Gasteiger charge is 2.38. The van der Waals surface area contributed by atoms with Gasteiger partial charge in [0.15, 0.2) is 23.0 Å². The van der Waals surface area contributed by atoms with Gasteiger partial charge in [0, 0.05) is 13.1 Å². The Kier molecular flexibility index (Phi) is 8.62. The lowest BCUT2D eigenvalue weighted by Gasteiger charge is -2.43. The molecule has 1 aliphatic carbocycles. The van der Waals surface area contributed by atoms with E-state index in [4.69, 9.17) is 18.9 Å². The third-order valence-electron chi connectivity index (χ3n) is 7.92. The molecule has 0 unspecified atom stereocenters. The number of fused-ring (bicyclic) bond motifs is 1. The largest absolute Gasteiger partial charge is 0.493 e. The van der Waals surface area contributed by atoms with Crippen LogP contribution in [0.25, 0.3) is 0 Å². The van der Waals surface area contributed by atoms with Gasteiger partial charge in [-0.25, -0.2) is 0 Å². The molecular weight excluding hydrogens is 456 g/mol. The summed E-state index contributed by atoms with van der Waals surface area (Å²) in [6.45, 7) is 3.38. The lowest BCUT2D eigenvalue weighted by molar-refractivity contribution is -0.130.